The van der Waals surface area contributed by atoms with Crippen molar-refractivity contribution in [2.24, 2.45) is 4.99 Å². The van der Waals surface area contributed by atoms with Crippen molar-refractivity contribution >= 4 is 34.6 Å². The highest BCUT2D eigenvalue weighted by Gasteiger charge is 2.32. The molecule has 1 amide bonds. The molecule has 0 aliphatic carbocycles. The Morgan fingerprint density at radius 1 is 1.04 bits per heavy atom. The fraction of sp³-hybridized carbons (Fsp3) is 0.0526. The summed E-state index contributed by atoms with van der Waals surface area (Å²) in [6, 6.07) is 13.1. The summed E-state index contributed by atoms with van der Waals surface area (Å²) in [5, 5.41) is 19.3. The zero-order chi connectivity index (χ0) is 17.8. The molecule has 2 N–H and O–H groups in total. The van der Waals surface area contributed by atoms with Gasteiger partial charge in [-0.3, -0.25) is 9.69 Å². The number of phenols is 2. The monoisotopic (exact) mass is 352 g/mol. The fourth-order valence-electron chi connectivity index (χ4n) is 2.24. The van der Waals surface area contributed by atoms with Gasteiger partial charge < -0.3 is 10.2 Å². The number of carbonyl (C=O) groups is 1. The van der Waals surface area contributed by atoms with E-state index < -0.39 is 0 Å². The van der Waals surface area contributed by atoms with Crippen LogP contribution in [-0.4, -0.2) is 32.7 Å². The summed E-state index contributed by atoms with van der Waals surface area (Å²) in [7, 11) is 0. The van der Waals surface area contributed by atoms with Gasteiger partial charge in [-0.05, 0) is 59.8 Å². The molecule has 2 aromatic carbocycles. The number of amides is 1. The Morgan fingerprint density at radius 3 is 2.24 bits per heavy atom. The number of thioether (sulfide) groups is 1. The minimum Gasteiger partial charge on any atom is -0.508 e. The first kappa shape index (κ1) is 16.9. The van der Waals surface area contributed by atoms with Gasteiger partial charge >= 0.3 is 0 Å². The van der Waals surface area contributed by atoms with E-state index in [9.17, 15) is 15.0 Å². The molecule has 6 heteroatoms. The molecule has 1 saturated heterocycles. The summed E-state index contributed by atoms with van der Waals surface area (Å²) in [5.41, 5.74) is 1.46. The van der Waals surface area contributed by atoms with E-state index in [0.29, 0.717) is 22.3 Å². The van der Waals surface area contributed by atoms with Crippen molar-refractivity contribution in [2.45, 2.75) is 0 Å². The van der Waals surface area contributed by atoms with E-state index in [-0.39, 0.29) is 17.4 Å². The SMILES string of the molecule is C=CCN1C(=O)/C(=C/c2ccc(O)cc2)SC1=Nc1ccc(O)cc1. The van der Waals surface area contributed by atoms with Crippen LogP contribution in [0.25, 0.3) is 6.08 Å². The molecular weight excluding hydrogens is 336 g/mol. The van der Waals surface area contributed by atoms with E-state index in [4.69, 9.17) is 0 Å². The zero-order valence-corrected chi connectivity index (χ0v) is 14.1. The number of benzene rings is 2. The molecule has 5 nitrogen and oxygen atoms in total. The molecule has 1 aliphatic rings. The maximum absolute atomic E-state index is 12.6. The van der Waals surface area contributed by atoms with Gasteiger partial charge in [-0.1, -0.05) is 18.2 Å². The second kappa shape index (κ2) is 7.27. The molecule has 3 rings (SSSR count). The van der Waals surface area contributed by atoms with E-state index in [2.05, 4.69) is 11.6 Å². The third-order valence-corrected chi connectivity index (χ3v) is 4.47. The van der Waals surface area contributed by atoms with Crippen LogP contribution in [0.3, 0.4) is 0 Å². The van der Waals surface area contributed by atoms with Gasteiger partial charge in [-0.25, -0.2) is 4.99 Å². The van der Waals surface area contributed by atoms with Gasteiger partial charge in [0.05, 0.1) is 10.6 Å². The van der Waals surface area contributed by atoms with Crippen LogP contribution in [0.1, 0.15) is 5.56 Å². The number of aliphatic imine (C=N–C) groups is 1. The van der Waals surface area contributed by atoms with Gasteiger partial charge in [0, 0.05) is 6.54 Å². The molecule has 0 unspecified atom stereocenters. The van der Waals surface area contributed by atoms with Crippen LogP contribution < -0.4 is 0 Å². The van der Waals surface area contributed by atoms with Crippen molar-refractivity contribution in [1.29, 1.82) is 0 Å². The van der Waals surface area contributed by atoms with Crippen molar-refractivity contribution in [3.05, 3.63) is 71.7 Å². The summed E-state index contributed by atoms with van der Waals surface area (Å²) in [4.78, 5) is 19.2. The van der Waals surface area contributed by atoms with E-state index in [1.54, 1.807) is 65.6 Å². The van der Waals surface area contributed by atoms with Gasteiger partial charge in [0.25, 0.3) is 5.91 Å². The summed E-state index contributed by atoms with van der Waals surface area (Å²) in [6.07, 6.45) is 3.41. The van der Waals surface area contributed by atoms with E-state index in [0.717, 1.165) is 5.56 Å². The molecule has 0 aromatic heterocycles. The maximum atomic E-state index is 12.6. The molecule has 0 spiro atoms. The van der Waals surface area contributed by atoms with Crippen molar-refractivity contribution in [3.63, 3.8) is 0 Å². The zero-order valence-electron chi connectivity index (χ0n) is 13.3. The number of amidine groups is 1. The molecule has 0 bridgehead atoms. The number of carbonyl (C=O) groups excluding carboxylic acids is 1. The molecule has 0 saturated carbocycles. The first-order valence-corrected chi connectivity index (χ1v) is 8.37. The van der Waals surface area contributed by atoms with Gasteiger partial charge in [0.1, 0.15) is 11.5 Å². The number of phenolic OH excluding ortho intramolecular Hbond substituents is 2. The van der Waals surface area contributed by atoms with Crippen molar-refractivity contribution < 1.29 is 15.0 Å². The lowest BCUT2D eigenvalue weighted by Crippen LogP contribution is -2.29. The molecule has 1 fully saturated rings. The lowest BCUT2D eigenvalue weighted by Gasteiger charge is -2.12. The van der Waals surface area contributed by atoms with Crippen LogP contribution in [0, 0.1) is 0 Å². The van der Waals surface area contributed by atoms with Crippen LogP contribution in [0.2, 0.25) is 0 Å². The van der Waals surface area contributed by atoms with E-state index in [1.165, 1.54) is 11.8 Å². The van der Waals surface area contributed by atoms with Gasteiger partial charge in [0.2, 0.25) is 0 Å². The number of rotatable bonds is 4. The quantitative estimate of drug-likeness (QED) is 0.647. The maximum Gasteiger partial charge on any atom is 0.267 e. The normalized spacial score (nSPS) is 17.4. The summed E-state index contributed by atoms with van der Waals surface area (Å²) in [6.45, 7) is 4.05. The molecule has 1 aliphatic heterocycles. The first-order chi connectivity index (χ1) is 12.1. The summed E-state index contributed by atoms with van der Waals surface area (Å²) < 4.78 is 0. The van der Waals surface area contributed by atoms with Gasteiger partial charge in [0.15, 0.2) is 5.17 Å². The Labute approximate surface area is 149 Å². The smallest absolute Gasteiger partial charge is 0.267 e. The fourth-order valence-corrected chi connectivity index (χ4v) is 3.25. The second-order valence-corrected chi connectivity index (χ2v) is 6.33. The average molecular weight is 352 g/mol. The number of nitrogens with zero attached hydrogens (tertiary/aromatic N) is 2. The number of hydrogen-bond donors (Lipinski definition) is 2. The first-order valence-electron chi connectivity index (χ1n) is 7.56. The molecule has 25 heavy (non-hydrogen) atoms. The Bertz CT molecular complexity index is 855. The summed E-state index contributed by atoms with van der Waals surface area (Å²) >= 11 is 1.28. The predicted molar refractivity (Wildman–Crippen MR) is 101 cm³/mol. The molecule has 0 radical (unpaired) electrons. The van der Waals surface area contributed by atoms with Crippen LogP contribution in [0.5, 0.6) is 11.5 Å². The van der Waals surface area contributed by atoms with E-state index in [1.807, 2.05) is 0 Å². The molecular formula is C19H16N2O3S. The van der Waals surface area contributed by atoms with Crippen molar-refractivity contribution in [1.82, 2.24) is 4.90 Å². The van der Waals surface area contributed by atoms with Crippen LogP contribution >= 0.6 is 11.8 Å². The number of hydrogen-bond acceptors (Lipinski definition) is 5. The Morgan fingerprint density at radius 2 is 1.64 bits per heavy atom. The van der Waals surface area contributed by atoms with Gasteiger partial charge in [-0.2, -0.15) is 0 Å². The topological polar surface area (TPSA) is 73.1 Å². The minimum absolute atomic E-state index is 0.143. The Hall–Kier alpha value is -2.99. The molecule has 0 atom stereocenters. The highest BCUT2D eigenvalue weighted by Crippen LogP contribution is 2.34. The Kier molecular flexibility index (Phi) is 4.90. The lowest BCUT2D eigenvalue weighted by atomic mass is 10.2. The van der Waals surface area contributed by atoms with Crippen LogP contribution in [0.4, 0.5) is 5.69 Å². The largest absolute Gasteiger partial charge is 0.508 e. The number of aromatic hydroxyl groups is 2. The third-order valence-electron chi connectivity index (χ3n) is 3.47. The van der Waals surface area contributed by atoms with Crippen LogP contribution in [0.15, 0.2) is 71.1 Å². The van der Waals surface area contributed by atoms with Crippen molar-refractivity contribution in [3.8, 4) is 11.5 Å². The lowest BCUT2D eigenvalue weighted by molar-refractivity contribution is -0.121. The minimum atomic E-state index is -0.143. The average Bonchev–Trinajstić information content (AvgIpc) is 2.88. The van der Waals surface area contributed by atoms with E-state index >= 15 is 0 Å². The molecule has 2 aromatic rings. The Balaban J connectivity index is 1.93. The standard InChI is InChI=1S/C19H16N2O3S/c1-2-11-21-18(24)17(12-13-3-7-15(22)8-4-13)25-19(21)20-14-5-9-16(23)10-6-14/h2-10,12,22-23H,1,11H2/b17-12-,20-19?. The molecule has 126 valence electrons. The van der Waals surface area contributed by atoms with Crippen molar-refractivity contribution in [2.75, 3.05) is 6.54 Å². The highest BCUT2D eigenvalue weighted by molar-refractivity contribution is 8.18. The summed E-state index contributed by atoms with van der Waals surface area (Å²) in [5.74, 6) is 0.195. The third kappa shape index (κ3) is 3.92. The van der Waals surface area contributed by atoms with Crippen LogP contribution in [-0.2, 0) is 4.79 Å². The predicted octanol–water partition coefficient (Wildman–Crippen LogP) is 3.89. The molecule has 1 heterocycles. The van der Waals surface area contributed by atoms with Gasteiger partial charge in [-0.15, -0.1) is 6.58 Å². The highest BCUT2D eigenvalue weighted by atomic mass is 32.2. The second-order valence-electron chi connectivity index (χ2n) is 5.32.